The van der Waals surface area contributed by atoms with Crippen molar-refractivity contribution >= 4 is 11.9 Å². The van der Waals surface area contributed by atoms with E-state index in [2.05, 4.69) is 19.1 Å². The summed E-state index contributed by atoms with van der Waals surface area (Å²) < 4.78 is 0. The van der Waals surface area contributed by atoms with Gasteiger partial charge in [-0.15, -0.1) is 0 Å². The minimum Gasteiger partial charge on any atom is -0.481 e. The van der Waals surface area contributed by atoms with Crippen LogP contribution in [0.2, 0.25) is 0 Å². The van der Waals surface area contributed by atoms with E-state index in [-0.39, 0.29) is 18.2 Å². The Morgan fingerprint density at radius 2 is 1.06 bits per heavy atom. The molecule has 0 saturated heterocycles. The fraction of sp³-hybridized carbons (Fsp3) is 0.857. The maximum absolute atomic E-state index is 11.7. The third-order valence-corrected chi connectivity index (χ3v) is 6.41. The van der Waals surface area contributed by atoms with Gasteiger partial charge in [0, 0.05) is 12.3 Å². The normalized spacial score (nSPS) is 12.4. The number of amides is 1. The van der Waals surface area contributed by atoms with Crippen molar-refractivity contribution in [2.75, 3.05) is 0 Å². The SMILES string of the molecule is CCCCCCCC/C=C\CCCCCCCCC(CCCCCCCC(=O)O)C(N)=O. The second kappa shape index (κ2) is 24.3. The van der Waals surface area contributed by atoms with E-state index in [1.165, 1.54) is 83.5 Å². The van der Waals surface area contributed by atoms with Gasteiger partial charge in [0.1, 0.15) is 0 Å². The highest BCUT2D eigenvalue weighted by Gasteiger charge is 2.14. The summed E-state index contributed by atoms with van der Waals surface area (Å²) in [6.45, 7) is 2.27. The Morgan fingerprint density at radius 3 is 1.50 bits per heavy atom. The lowest BCUT2D eigenvalue weighted by atomic mass is 9.93. The van der Waals surface area contributed by atoms with Gasteiger partial charge in [-0.25, -0.2) is 0 Å². The number of carboxylic acids is 1. The summed E-state index contributed by atoms with van der Waals surface area (Å²) >= 11 is 0. The number of primary amides is 1. The average Bonchev–Trinajstić information content (AvgIpc) is 2.76. The van der Waals surface area contributed by atoms with Crippen molar-refractivity contribution < 1.29 is 14.7 Å². The smallest absolute Gasteiger partial charge is 0.303 e. The van der Waals surface area contributed by atoms with Crippen LogP contribution in [0.4, 0.5) is 0 Å². The topological polar surface area (TPSA) is 80.4 Å². The van der Waals surface area contributed by atoms with E-state index in [0.29, 0.717) is 0 Å². The fourth-order valence-electron chi connectivity index (χ4n) is 4.26. The highest BCUT2D eigenvalue weighted by atomic mass is 16.4. The molecular formula is C28H53NO3. The fourth-order valence-corrected chi connectivity index (χ4v) is 4.26. The van der Waals surface area contributed by atoms with Crippen LogP contribution >= 0.6 is 0 Å². The van der Waals surface area contributed by atoms with Gasteiger partial charge in [-0.2, -0.15) is 0 Å². The van der Waals surface area contributed by atoms with Crippen LogP contribution in [-0.2, 0) is 9.59 Å². The molecule has 0 heterocycles. The number of carboxylic acid groups (broad SMARTS) is 1. The van der Waals surface area contributed by atoms with E-state index in [4.69, 9.17) is 10.8 Å². The van der Waals surface area contributed by atoms with Crippen molar-refractivity contribution in [1.82, 2.24) is 0 Å². The number of hydrogen-bond acceptors (Lipinski definition) is 2. The van der Waals surface area contributed by atoms with Crippen LogP contribution in [0.15, 0.2) is 12.2 Å². The van der Waals surface area contributed by atoms with Crippen LogP contribution in [0.5, 0.6) is 0 Å². The third-order valence-electron chi connectivity index (χ3n) is 6.41. The molecule has 188 valence electrons. The molecule has 1 unspecified atom stereocenters. The van der Waals surface area contributed by atoms with E-state index < -0.39 is 5.97 Å². The maximum Gasteiger partial charge on any atom is 0.303 e. The number of nitrogens with two attached hydrogens (primary N) is 1. The van der Waals surface area contributed by atoms with Gasteiger partial charge in [-0.3, -0.25) is 9.59 Å². The number of hydrogen-bond donors (Lipinski definition) is 2. The lowest BCUT2D eigenvalue weighted by Gasteiger charge is -2.13. The van der Waals surface area contributed by atoms with Gasteiger partial charge < -0.3 is 10.8 Å². The van der Waals surface area contributed by atoms with Crippen molar-refractivity contribution in [2.45, 2.75) is 148 Å². The molecule has 3 N–H and O–H groups in total. The molecule has 0 rings (SSSR count). The van der Waals surface area contributed by atoms with Crippen molar-refractivity contribution in [3.63, 3.8) is 0 Å². The van der Waals surface area contributed by atoms with E-state index in [1.54, 1.807) is 0 Å². The number of carbonyl (C=O) groups excluding carboxylic acids is 1. The standard InChI is InChI=1S/C28H53NO3/c1-2-3-4-5-6-7-8-9-10-11-12-13-14-15-17-20-23-26(28(29)32)24-21-18-16-19-22-25-27(30)31/h9-10,26H,2-8,11-25H2,1H3,(H2,29,32)(H,30,31)/b10-9-. The summed E-state index contributed by atoms with van der Waals surface area (Å²) in [5.41, 5.74) is 5.59. The predicted octanol–water partition coefficient (Wildman–Crippen LogP) is 8.33. The third kappa shape index (κ3) is 23.3. The number of allylic oxidation sites excluding steroid dienone is 2. The van der Waals surface area contributed by atoms with Crippen LogP contribution in [0, 0.1) is 5.92 Å². The highest BCUT2D eigenvalue weighted by Crippen LogP contribution is 2.19. The molecule has 0 aromatic heterocycles. The molecule has 1 amide bonds. The number of aliphatic carboxylic acids is 1. The van der Waals surface area contributed by atoms with Crippen molar-refractivity contribution in [3.8, 4) is 0 Å². The molecule has 1 atom stereocenters. The Labute approximate surface area is 198 Å². The minimum absolute atomic E-state index is 0.0193. The first-order chi connectivity index (χ1) is 15.6. The summed E-state index contributed by atoms with van der Waals surface area (Å²) in [5, 5.41) is 8.63. The average molecular weight is 452 g/mol. The molecule has 0 saturated carbocycles. The molecule has 4 heteroatoms. The number of rotatable bonds is 25. The second-order valence-corrected chi connectivity index (χ2v) is 9.53. The minimum atomic E-state index is -0.713. The lowest BCUT2D eigenvalue weighted by Crippen LogP contribution is -2.23. The molecule has 0 aliphatic carbocycles. The highest BCUT2D eigenvalue weighted by molar-refractivity contribution is 5.76. The second-order valence-electron chi connectivity index (χ2n) is 9.53. The molecule has 0 radical (unpaired) electrons. The largest absolute Gasteiger partial charge is 0.481 e. The van der Waals surface area contributed by atoms with Gasteiger partial charge in [0.05, 0.1) is 0 Å². The van der Waals surface area contributed by atoms with Crippen LogP contribution < -0.4 is 5.73 Å². The van der Waals surface area contributed by atoms with Gasteiger partial charge >= 0.3 is 5.97 Å². The first-order valence-electron chi connectivity index (χ1n) is 13.7. The maximum atomic E-state index is 11.7. The summed E-state index contributed by atoms with van der Waals surface area (Å²) in [4.78, 5) is 22.2. The number of carbonyl (C=O) groups is 2. The molecule has 0 aliphatic heterocycles. The van der Waals surface area contributed by atoms with E-state index in [0.717, 1.165) is 51.4 Å². The Kier molecular flexibility index (Phi) is 23.3. The predicted molar refractivity (Wildman–Crippen MR) is 137 cm³/mol. The molecule has 0 fully saturated rings. The molecular weight excluding hydrogens is 398 g/mol. The van der Waals surface area contributed by atoms with Crippen LogP contribution in [0.25, 0.3) is 0 Å². The van der Waals surface area contributed by atoms with Crippen molar-refractivity contribution in [1.29, 1.82) is 0 Å². The van der Waals surface area contributed by atoms with Crippen molar-refractivity contribution in [3.05, 3.63) is 12.2 Å². The lowest BCUT2D eigenvalue weighted by molar-refractivity contribution is -0.137. The van der Waals surface area contributed by atoms with Gasteiger partial charge in [-0.05, 0) is 44.9 Å². The molecule has 4 nitrogen and oxygen atoms in total. The van der Waals surface area contributed by atoms with Crippen molar-refractivity contribution in [2.24, 2.45) is 11.7 Å². The molecule has 0 aliphatic rings. The monoisotopic (exact) mass is 451 g/mol. The number of unbranched alkanes of at least 4 members (excludes halogenated alkanes) is 16. The van der Waals surface area contributed by atoms with Gasteiger partial charge in [0.15, 0.2) is 0 Å². The van der Waals surface area contributed by atoms with Crippen LogP contribution in [0.1, 0.15) is 148 Å². The Balaban J connectivity index is 3.47. The quantitative estimate of drug-likeness (QED) is 0.108. The van der Waals surface area contributed by atoms with Crippen LogP contribution in [0.3, 0.4) is 0 Å². The summed E-state index contributed by atoms with van der Waals surface area (Å²) in [7, 11) is 0. The Hall–Kier alpha value is -1.32. The zero-order valence-electron chi connectivity index (χ0n) is 21.1. The van der Waals surface area contributed by atoms with E-state index >= 15 is 0 Å². The molecule has 32 heavy (non-hydrogen) atoms. The zero-order chi connectivity index (χ0) is 23.7. The molecule has 0 bridgehead atoms. The molecule has 0 aromatic carbocycles. The van der Waals surface area contributed by atoms with Gasteiger partial charge in [-0.1, -0.05) is 109 Å². The summed E-state index contributed by atoms with van der Waals surface area (Å²) in [6.07, 6.45) is 29.9. The summed E-state index contributed by atoms with van der Waals surface area (Å²) in [5.74, 6) is -0.844. The first-order valence-corrected chi connectivity index (χ1v) is 13.7. The van der Waals surface area contributed by atoms with Crippen LogP contribution in [-0.4, -0.2) is 17.0 Å². The first kappa shape index (κ1) is 30.7. The summed E-state index contributed by atoms with van der Waals surface area (Å²) in [6, 6.07) is 0. The molecule has 0 spiro atoms. The van der Waals surface area contributed by atoms with E-state index in [9.17, 15) is 9.59 Å². The Bertz CT molecular complexity index is 462. The molecule has 0 aromatic rings. The van der Waals surface area contributed by atoms with E-state index in [1.807, 2.05) is 0 Å². The van der Waals surface area contributed by atoms with Gasteiger partial charge in [0.2, 0.25) is 5.91 Å². The van der Waals surface area contributed by atoms with Gasteiger partial charge in [0.25, 0.3) is 0 Å². The Morgan fingerprint density at radius 1 is 0.656 bits per heavy atom. The zero-order valence-corrected chi connectivity index (χ0v) is 21.1.